The summed E-state index contributed by atoms with van der Waals surface area (Å²) in [6.45, 7) is 0.726. The van der Waals surface area contributed by atoms with E-state index in [1.165, 1.54) is 42.5 Å². The van der Waals surface area contributed by atoms with E-state index in [4.69, 9.17) is 0 Å². The van der Waals surface area contributed by atoms with Crippen LogP contribution < -0.4 is 14.3 Å². The van der Waals surface area contributed by atoms with E-state index in [2.05, 4.69) is 15.6 Å². The fourth-order valence-electron chi connectivity index (χ4n) is 4.07. The minimum atomic E-state index is -5.09. The van der Waals surface area contributed by atoms with Crippen LogP contribution >= 0.6 is 11.3 Å². The zero-order chi connectivity index (χ0) is 27.1. The third kappa shape index (κ3) is 4.75. The van der Waals surface area contributed by atoms with Crippen LogP contribution in [0.2, 0.25) is 0 Å². The molecule has 0 saturated carbocycles. The van der Waals surface area contributed by atoms with Gasteiger partial charge in [0.1, 0.15) is 21.4 Å². The van der Waals surface area contributed by atoms with Crippen LogP contribution in [-0.2, 0) is 24.8 Å². The van der Waals surface area contributed by atoms with E-state index >= 15 is 0 Å². The molecule has 14 heteroatoms. The number of thiazole rings is 1. The zero-order valence-corrected chi connectivity index (χ0v) is 21.9. The summed E-state index contributed by atoms with van der Waals surface area (Å²) in [4.78, 5) is 15.0. The molecule has 1 unspecified atom stereocenters. The summed E-state index contributed by atoms with van der Waals surface area (Å²) >= 11 is 1.000. The first-order valence-corrected chi connectivity index (χ1v) is 15.0. The van der Waals surface area contributed by atoms with Crippen molar-refractivity contribution in [3.63, 3.8) is 0 Å². The third-order valence-electron chi connectivity index (χ3n) is 5.86. The van der Waals surface area contributed by atoms with E-state index < -0.39 is 41.5 Å². The quantitative estimate of drug-likeness (QED) is 0.341. The number of halogens is 2. The highest BCUT2D eigenvalue weighted by molar-refractivity contribution is 8.10. The lowest BCUT2D eigenvalue weighted by Gasteiger charge is -2.24. The molecule has 1 aromatic heterocycles. The van der Waals surface area contributed by atoms with Gasteiger partial charge in [0, 0.05) is 0 Å². The monoisotopic (exact) mass is 578 g/mol. The molecule has 1 aliphatic heterocycles. The van der Waals surface area contributed by atoms with Gasteiger partial charge in [0.05, 0.1) is 21.9 Å². The molecular weight excluding hydrogens is 558 g/mol. The smallest absolute Gasteiger partial charge is 0.280 e. The Bertz CT molecular complexity index is 1680. The second kappa shape index (κ2) is 10.0. The number of benzene rings is 3. The van der Waals surface area contributed by atoms with E-state index in [9.17, 15) is 30.4 Å². The van der Waals surface area contributed by atoms with E-state index in [0.717, 1.165) is 48.6 Å². The number of hydrogen-bond donors (Lipinski definition) is 2. The first kappa shape index (κ1) is 26.2. The molecule has 198 valence electrons. The van der Waals surface area contributed by atoms with Crippen molar-refractivity contribution in [2.45, 2.75) is 28.7 Å². The maximum Gasteiger partial charge on any atom is 0.280 e. The number of aromatic nitrogens is 1. The molecule has 1 saturated heterocycles. The van der Waals surface area contributed by atoms with Crippen molar-refractivity contribution in [1.29, 1.82) is 0 Å². The van der Waals surface area contributed by atoms with E-state index in [1.807, 2.05) is 0 Å². The summed E-state index contributed by atoms with van der Waals surface area (Å²) in [6, 6.07) is 12.0. The van der Waals surface area contributed by atoms with Gasteiger partial charge < -0.3 is 10.6 Å². The number of carbonyl (C=O) groups is 1. The van der Waals surface area contributed by atoms with Gasteiger partial charge in [-0.1, -0.05) is 35.6 Å². The van der Waals surface area contributed by atoms with E-state index in [0.29, 0.717) is 16.6 Å². The number of carbonyl (C=O) groups excluding carboxylic acids is 1. The van der Waals surface area contributed by atoms with Crippen LogP contribution in [-0.4, -0.2) is 40.3 Å². The highest BCUT2D eigenvalue weighted by atomic mass is 32.3. The summed E-state index contributed by atoms with van der Waals surface area (Å²) in [5.74, 6) is -2.62. The van der Waals surface area contributed by atoms with Gasteiger partial charge in [-0.25, -0.2) is 13.8 Å². The van der Waals surface area contributed by atoms with E-state index in [1.54, 1.807) is 0 Å². The fraction of sp³-hybridized carbons (Fsp3) is 0.167. The predicted octanol–water partition coefficient (Wildman–Crippen LogP) is 3.85. The number of nitrogens with one attached hydrogen (secondary N) is 2. The Morgan fingerprint density at radius 1 is 0.947 bits per heavy atom. The molecule has 1 atom stereocenters. The number of rotatable bonds is 7. The Morgan fingerprint density at radius 2 is 1.55 bits per heavy atom. The van der Waals surface area contributed by atoms with Gasteiger partial charge in [-0.15, -0.1) is 0 Å². The molecular formula is C24H20F2N4O5S3. The second-order valence-electron chi connectivity index (χ2n) is 8.38. The Kier molecular flexibility index (Phi) is 6.90. The first-order chi connectivity index (χ1) is 18.1. The minimum absolute atomic E-state index is 0.0106. The topological polar surface area (TPSA) is 126 Å². The normalized spacial score (nSPS) is 16.0. The molecule has 3 aromatic carbocycles. The summed E-state index contributed by atoms with van der Waals surface area (Å²) < 4.78 is 84.1. The second-order valence-corrected chi connectivity index (χ2v) is 13.1. The molecule has 0 aliphatic carbocycles. The molecule has 2 heterocycles. The molecule has 0 radical (unpaired) electrons. The first-order valence-electron chi connectivity index (χ1n) is 11.3. The van der Waals surface area contributed by atoms with Gasteiger partial charge in [0.2, 0.25) is 5.91 Å². The van der Waals surface area contributed by atoms with Crippen LogP contribution in [0.1, 0.15) is 12.8 Å². The van der Waals surface area contributed by atoms with Crippen molar-refractivity contribution in [2.24, 2.45) is 0 Å². The van der Waals surface area contributed by atoms with E-state index in [-0.39, 0.29) is 26.5 Å². The zero-order valence-electron chi connectivity index (χ0n) is 19.5. The Balaban J connectivity index is 1.63. The maximum atomic E-state index is 14.6. The number of anilines is 2. The predicted molar refractivity (Wildman–Crippen MR) is 139 cm³/mol. The van der Waals surface area contributed by atoms with Crippen molar-refractivity contribution >= 4 is 58.3 Å². The number of hydrogen-bond acceptors (Lipinski definition) is 8. The maximum absolute atomic E-state index is 14.6. The SMILES string of the molecule is O=C(Nc1nc2ccc(N(S(=O)(=O)c3ccccc3F)S(=O)(=O)c3ccccc3F)cc2s1)C1CCCN1. The Morgan fingerprint density at radius 3 is 2.11 bits per heavy atom. The Hall–Kier alpha value is -3.46. The average Bonchev–Trinajstić information content (AvgIpc) is 3.54. The summed E-state index contributed by atoms with van der Waals surface area (Å²) in [7, 11) is -10.2. The number of fused-ring (bicyclic) bond motifs is 1. The number of sulfonamides is 2. The van der Waals surface area contributed by atoms with Crippen molar-refractivity contribution in [3.05, 3.63) is 78.4 Å². The van der Waals surface area contributed by atoms with Crippen LogP contribution in [0.15, 0.2) is 76.5 Å². The molecule has 1 aliphatic rings. The lowest BCUT2D eigenvalue weighted by Crippen LogP contribution is -2.37. The molecule has 5 rings (SSSR count). The van der Waals surface area contributed by atoms with Gasteiger partial charge in [0.15, 0.2) is 5.13 Å². The van der Waals surface area contributed by atoms with Gasteiger partial charge >= 0.3 is 0 Å². The molecule has 9 nitrogen and oxygen atoms in total. The molecule has 1 fully saturated rings. The van der Waals surface area contributed by atoms with Crippen LogP contribution in [0.5, 0.6) is 0 Å². The van der Waals surface area contributed by atoms with Crippen LogP contribution in [0.25, 0.3) is 10.2 Å². The lowest BCUT2D eigenvalue weighted by atomic mass is 10.2. The molecule has 38 heavy (non-hydrogen) atoms. The van der Waals surface area contributed by atoms with Crippen molar-refractivity contribution in [1.82, 2.24) is 10.3 Å². The standard InChI is InChI=1S/C24H20F2N4O5S3/c25-16-6-1-3-9-21(16)37(32,33)30(38(34,35)22-10-4-2-7-17(22)26)15-11-12-18-20(14-15)36-24(28-18)29-23(31)19-8-5-13-27-19/h1-4,6-7,9-12,14,19,27H,5,8,13H2,(H,28,29,31). The third-order valence-corrected chi connectivity index (χ3v) is 11.0. The van der Waals surface area contributed by atoms with Crippen molar-refractivity contribution in [3.8, 4) is 0 Å². The van der Waals surface area contributed by atoms with Gasteiger partial charge in [-0.2, -0.15) is 20.5 Å². The average molecular weight is 579 g/mol. The lowest BCUT2D eigenvalue weighted by molar-refractivity contribution is -0.117. The van der Waals surface area contributed by atoms with Gasteiger partial charge in [-0.3, -0.25) is 4.79 Å². The number of nitrogens with zero attached hydrogens (tertiary/aromatic N) is 2. The summed E-state index contributed by atoms with van der Waals surface area (Å²) in [5, 5.41) is 6.01. The fourth-order valence-corrected chi connectivity index (χ4v) is 8.76. The minimum Gasteiger partial charge on any atom is -0.306 e. The van der Waals surface area contributed by atoms with Crippen LogP contribution in [0, 0.1) is 11.6 Å². The molecule has 1 amide bonds. The molecule has 0 spiro atoms. The van der Waals surface area contributed by atoms with Crippen LogP contribution in [0.3, 0.4) is 0 Å². The largest absolute Gasteiger partial charge is 0.306 e. The van der Waals surface area contributed by atoms with Crippen LogP contribution in [0.4, 0.5) is 19.6 Å². The highest BCUT2D eigenvalue weighted by Crippen LogP contribution is 2.36. The molecule has 2 N–H and O–H groups in total. The van der Waals surface area contributed by atoms with Crippen molar-refractivity contribution < 1.29 is 30.4 Å². The summed E-state index contributed by atoms with van der Waals surface area (Å²) in [6.07, 6.45) is 1.54. The number of amides is 1. The summed E-state index contributed by atoms with van der Waals surface area (Å²) in [5.41, 5.74) is -0.0250. The van der Waals surface area contributed by atoms with Crippen molar-refractivity contribution in [2.75, 3.05) is 15.6 Å². The van der Waals surface area contributed by atoms with Gasteiger partial charge in [-0.05, 0) is 61.9 Å². The molecule has 4 aromatic rings. The molecule has 0 bridgehead atoms. The van der Waals surface area contributed by atoms with Gasteiger partial charge in [0.25, 0.3) is 20.0 Å². The Labute approximate surface area is 221 Å². The highest BCUT2D eigenvalue weighted by Gasteiger charge is 2.40.